The summed E-state index contributed by atoms with van der Waals surface area (Å²) < 4.78 is 2.93. The maximum Gasteiger partial charge on any atom is 0.334 e. The Kier molecular flexibility index (Phi) is 5.10. The molecule has 0 bridgehead atoms. The molecule has 0 aromatic carbocycles. The predicted molar refractivity (Wildman–Crippen MR) is 74.1 cm³/mol. The Balaban J connectivity index is 3.28. The van der Waals surface area contributed by atoms with Crippen LogP contribution in [-0.4, -0.2) is 18.2 Å². The van der Waals surface area contributed by atoms with E-state index in [1.165, 1.54) is 6.20 Å². The van der Waals surface area contributed by atoms with Gasteiger partial charge >= 0.3 is 5.82 Å². The van der Waals surface area contributed by atoms with Crippen molar-refractivity contribution in [1.82, 2.24) is 10.3 Å². The van der Waals surface area contributed by atoms with Crippen LogP contribution in [0.3, 0.4) is 0 Å². The van der Waals surface area contributed by atoms with Gasteiger partial charge < -0.3 is 5.32 Å². The lowest BCUT2D eigenvalue weighted by Crippen LogP contribution is -2.34. The van der Waals surface area contributed by atoms with Crippen molar-refractivity contribution in [2.45, 2.75) is 0 Å². The molecule has 0 aliphatic heterocycles. The number of hydrogen-bond acceptors (Lipinski definition) is 3. The molecule has 0 aliphatic carbocycles. The van der Waals surface area contributed by atoms with Crippen molar-refractivity contribution >= 4 is 34.4 Å². The Morgan fingerprint density at radius 2 is 2.44 bits per heavy atom. The van der Waals surface area contributed by atoms with Crippen LogP contribution in [0.15, 0.2) is 39.9 Å². The van der Waals surface area contributed by atoms with Crippen molar-refractivity contribution in [2.24, 2.45) is 12.0 Å². The predicted octanol–water partition coefficient (Wildman–Crippen LogP) is 1.44. The first-order valence-corrected chi connectivity index (χ1v) is 5.81. The third-order valence-corrected chi connectivity index (χ3v) is 3.05. The minimum Gasteiger partial charge on any atom is -0.382 e. The van der Waals surface area contributed by atoms with Crippen LogP contribution in [0.4, 0.5) is 0 Å². The second-order valence-electron chi connectivity index (χ2n) is 2.99. The molecule has 4 nitrogen and oxygen atoms in total. The number of rotatable bonds is 4. The Morgan fingerprint density at radius 1 is 1.69 bits per heavy atom. The molecule has 16 heavy (non-hydrogen) atoms. The van der Waals surface area contributed by atoms with Crippen molar-refractivity contribution in [1.29, 1.82) is 0 Å². The minimum atomic E-state index is 0.854. The fourth-order valence-corrected chi connectivity index (χ4v) is 1.56. The summed E-state index contributed by atoms with van der Waals surface area (Å²) in [5.41, 5.74) is 0.936. The number of hydrogen-bond donors (Lipinski definition) is 1. The lowest BCUT2D eigenvalue weighted by Gasteiger charge is -2.02. The Bertz CT molecular complexity index is 437. The molecule has 5 heteroatoms. The highest BCUT2D eigenvalue weighted by Crippen LogP contribution is 2.14. The van der Waals surface area contributed by atoms with Crippen LogP contribution >= 0.6 is 22.6 Å². The molecule has 1 N–H and O–H groups in total. The summed E-state index contributed by atoms with van der Waals surface area (Å²) in [5, 5.41) is 3.09. The van der Waals surface area contributed by atoms with Gasteiger partial charge in [-0.3, -0.25) is 4.99 Å². The molecule has 1 rings (SSSR count). The van der Waals surface area contributed by atoms with E-state index in [9.17, 15) is 0 Å². The highest BCUT2D eigenvalue weighted by atomic mass is 127. The lowest BCUT2D eigenvalue weighted by atomic mass is 10.3. The zero-order chi connectivity index (χ0) is 12.0. The van der Waals surface area contributed by atoms with Gasteiger partial charge in [-0.1, -0.05) is 6.58 Å². The van der Waals surface area contributed by atoms with E-state index >= 15 is 0 Å². The molecule has 0 unspecified atom stereocenters. The van der Waals surface area contributed by atoms with Crippen LogP contribution in [0, 0.1) is 0 Å². The van der Waals surface area contributed by atoms with Crippen LogP contribution in [0.2, 0.25) is 0 Å². The van der Waals surface area contributed by atoms with Crippen molar-refractivity contribution < 1.29 is 4.57 Å². The Labute approximate surface area is 109 Å². The lowest BCUT2D eigenvalue weighted by molar-refractivity contribution is -0.676. The minimum absolute atomic E-state index is 0.854. The molecule has 0 saturated heterocycles. The van der Waals surface area contributed by atoms with Gasteiger partial charge in [0.2, 0.25) is 0 Å². The van der Waals surface area contributed by atoms with Crippen LogP contribution in [-0.2, 0) is 7.05 Å². The molecule has 0 radical (unpaired) electrons. The molecule has 0 spiro atoms. The van der Waals surface area contributed by atoms with Gasteiger partial charge in [0.05, 0.1) is 16.9 Å². The maximum absolute atomic E-state index is 4.34. The average Bonchev–Trinajstić information content (AvgIpc) is 2.31. The molecule has 1 heterocycles. The fraction of sp³-hybridized carbons (Fsp3) is 0.182. The monoisotopic (exact) mass is 329 g/mol. The first-order valence-electron chi connectivity index (χ1n) is 4.73. The van der Waals surface area contributed by atoms with Gasteiger partial charge in [0.1, 0.15) is 11.8 Å². The maximum atomic E-state index is 4.34. The van der Waals surface area contributed by atoms with Crippen molar-refractivity contribution in [2.75, 3.05) is 7.05 Å². The van der Waals surface area contributed by atoms with E-state index in [2.05, 4.69) is 44.5 Å². The van der Waals surface area contributed by atoms with E-state index in [-0.39, 0.29) is 0 Å². The third kappa shape index (κ3) is 3.13. The van der Waals surface area contributed by atoms with Gasteiger partial charge in [-0.05, 0) is 27.6 Å². The Morgan fingerprint density at radius 3 is 3.00 bits per heavy atom. The summed E-state index contributed by atoms with van der Waals surface area (Å²) >= 11 is 2.22. The number of aryl methyl sites for hydroxylation is 1. The molecular formula is C11H14IN4+. The molecule has 0 saturated carbocycles. The van der Waals surface area contributed by atoms with E-state index < -0.39 is 0 Å². The van der Waals surface area contributed by atoms with E-state index in [0.717, 1.165) is 15.1 Å². The highest BCUT2D eigenvalue weighted by Gasteiger charge is 2.16. The summed E-state index contributed by atoms with van der Waals surface area (Å²) in [5.74, 6) is 0.854. The third-order valence-electron chi connectivity index (χ3n) is 1.93. The number of nitrogens with zero attached hydrogens (tertiary/aromatic N) is 3. The largest absolute Gasteiger partial charge is 0.382 e. The molecule has 1 aromatic rings. The smallest absolute Gasteiger partial charge is 0.334 e. The van der Waals surface area contributed by atoms with Gasteiger partial charge in [-0.2, -0.15) is 0 Å². The number of aromatic nitrogens is 2. The van der Waals surface area contributed by atoms with Gasteiger partial charge in [-0.25, -0.2) is 4.57 Å². The summed E-state index contributed by atoms with van der Waals surface area (Å²) in [4.78, 5) is 8.38. The fourth-order valence-electron chi connectivity index (χ4n) is 1.18. The van der Waals surface area contributed by atoms with Gasteiger partial charge in [0.25, 0.3) is 0 Å². The van der Waals surface area contributed by atoms with Gasteiger partial charge in [0, 0.05) is 25.5 Å². The van der Waals surface area contributed by atoms with Crippen molar-refractivity contribution in [3.8, 4) is 0 Å². The topological polar surface area (TPSA) is 41.2 Å². The van der Waals surface area contributed by atoms with Crippen LogP contribution < -0.4 is 9.88 Å². The molecule has 84 valence electrons. The summed E-state index contributed by atoms with van der Waals surface area (Å²) in [6, 6.07) is 1.89. The number of aliphatic imine (C=N–C) groups is 1. The van der Waals surface area contributed by atoms with Gasteiger partial charge in [0.15, 0.2) is 0 Å². The summed E-state index contributed by atoms with van der Waals surface area (Å²) in [6.45, 7) is 3.56. The summed E-state index contributed by atoms with van der Waals surface area (Å²) in [7, 11) is 3.82. The van der Waals surface area contributed by atoms with Crippen molar-refractivity contribution in [3.05, 3.63) is 40.8 Å². The zero-order valence-electron chi connectivity index (χ0n) is 9.31. The van der Waals surface area contributed by atoms with Crippen LogP contribution in [0.5, 0.6) is 0 Å². The van der Waals surface area contributed by atoms with Crippen molar-refractivity contribution in [3.63, 3.8) is 0 Å². The van der Waals surface area contributed by atoms with E-state index in [1.54, 1.807) is 12.4 Å². The second kappa shape index (κ2) is 6.37. The zero-order valence-corrected chi connectivity index (χ0v) is 11.5. The molecule has 0 fully saturated rings. The first-order chi connectivity index (χ1) is 7.70. The van der Waals surface area contributed by atoms with Crippen LogP contribution in [0.1, 0.15) is 5.82 Å². The van der Waals surface area contributed by atoms with E-state index in [1.807, 2.05) is 30.9 Å². The SMILES string of the molecule is C=C/N=C\C(=C(\I)NC)c1nccc[n+]1C. The molecule has 0 atom stereocenters. The normalized spacial score (nSPS) is 12.4. The van der Waals surface area contributed by atoms with Crippen LogP contribution in [0.25, 0.3) is 5.57 Å². The molecule has 1 aromatic heterocycles. The van der Waals surface area contributed by atoms with E-state index in [4.69, 9.17) is 0 Å². The highest BCUT2D eigenvalue weighted by molar-refractivity contribution is 14.1. The number of nitrogens with one attached hydrogen (secondary N) is 1. The Hall–Kier alpha value is -1.24. The number of allylic oxidation sites excluding steroid dienone is 1. The first kappa shape index (κ1) is 12.8. The standard InChI is InChI=1S/C11H13IN4/c1-4-14-8-9(10(12)13-2)11-15-6-5-7-16(11)3/h4-8H,1H2,2-3H3/p+1/b14-8-. The second-order valence-corrected chi connectivity index (χ2v) is 4.07. The summed E-state index contributed by atoms with van der Waals surface area (Å²) in [6.07, 6.45) is 6.95. The number of halogens is 1. The van der Waals surface area contributed by atoms with Gasteiger partial charge in [-0.15, -0.1) is 0 Å². The molecular weight excluding hydrogens is 315 g/mol. The molecule has 0 amide bonds. The average molecular weight is 329 g/mol. The van der Waals surface area contributed by atoms with E-state index in [0.29, 0.717) is 0 Å². The molecule has 0 aliphatic rings. The quantitative estimate of drug-likeness (QED) is 0.393.